The molecule has 4 heteroatoms. The highest BCUT2D eigenvalue weighted by atomic mass is 79.9. The van der Waals surface area contributed by atoms with Crippen LogP contribution in [0.25, 0.3) is 0 Å². The lowest BCUT2D eigenvalue weighted by Gasteiger charge is -2.18. The maximum absolute atomic E-state index is 11.9. The van der Waals surface area contributed by atoms with Crippen molar-refractivity contribution >= 4 is 21.8 Å². The van der Waals surface area contributed by atoms with Crippen LogP contribution in [0.5, 0.6) is 0 Å². The zero-order chi connectivity index (χ0) is 12.8. The fourth-order valence-corrected chi connectivity index (χ4v) is 2.05. The topological polar surface area (TPSA) is 49.3 Å². The summed E-state index contributed by atoms with van der Waals surface area (Å²) in [5, 5.41) is 12.0. The number of hydrogen-bond acceptors (Lipinski definition) is 2. The van der Waals surface area contributed by atoms with Crippen LogP contribution >= 0.6 is 15.9 Å². The van der Waals surface area contributed by atoms with E-state index < -0.39 is 0 Å². The fourth-order valence-electron chi connectivity index (χ4n) is 1.65. The normalized spacial score (nSPS) is 12.5. The van der Waals surface area contributed by atoms with E-state index in [1.165, 1.54) is 0 Å². The molecule has 2 N–H and O–H groups in total. The number of aliphatic hydroxyl groups excluding tert-OH is 1. The molecule has 1 rings (SSSR count). The molecular formula is C13H18BrNO2. The lowest BCUT2D eigenvalue weighted by atomic mass is 10.0. The average molecular weight is 300 g/mol. The Labute approximate surface area is 110 Å². The number of carbonyl (C=O) groups excluding carboxylic acids is 1. The van der Waals surface area contributed by atoms with E-state index in [-0.39, 0.29) is 18.6 Å². The van der Waals surface area contributed by atoms with Gasteiger partial charge < -0.3 is 10.4 Å². The molecule has 0 aliphatic carbocycles. The molecular weight excluding hydrogens is 282 g/mol. The summed E-state index contributed by atoms with van der Waals surface area (Å²) in [6, 6.07) is 7.02. The summed E-state index contributed by atoms with van der Waals surface area (Å²) < 4.78 is 0.870. The van der Waals surface area contributed by atoms with Crippen molar-refractivity contribution in [2.24, 2.45) is 5.92 Å². The van der Waals surface area contributed by atoms with Gasteiger partial charge in [0.05, 0.1) is 12.6 Å². The number of carbonyl (C=O) groups is 1. The standard InChI is InChI=1S/C13H18BrNO2/c1-9(2)6-12(8-16)15-13(17)10-4-3-5-11(14)7-10/h3-5,7,9,12,16H,6,8H2,1-2H3,(H,15,17). The van der Waals surface area contributed by atoms with Crippen molar-refractivity contribution in [1.29, 1.82) is 0 Å². The Balaban J connectivity index is 2.64. The smallest absolute Gasteiger partial charge is 0.251 e. The van der Waals surface area contributed by atoms with E-state index in [0.29, 0.717) is 11.5 Å². The molecule has 0 aromatic heterocycles. The van der Waals surface area contributed by atoms with Crippen molar-refractivity contribution in [3.05, 3.63) is 34.3 Å². The van der Waals surface area contributed by atoms with E-state index >= 15 is 0 Å². The first-order chi connectivity index (χ1) is 8.02. The Morgan fingerprint density at radius 2 is 2.18 bits per heavy atom. The molecule has 0 saturated carbocycles. The van der Waals surface area contributed by atoms with Crippen molar-refractivity contribution in [3.8, 4) is 0 Å². The Morgan fingerprint density at radius 3 is 2.71 bits per heavy atom. The molecule has 94 valence electrons. The lowest BCUT2D eigenvalue weighted by Crippen LogP contribution is -2.38. The summed E-state index contributed by atoms with van der Waals surface area (Å²) in [5.41, 5.74) is 0.599. The van der Waals surface area contributed by atoms with Crippen molar-refractivity contribution in [1.82, 2.24) is 5.32 Å². The molecule has 0 heterocycles. The average Bonchev–Trinajstić information content (AvgIpc) is 2.27. The van der Waals surface area contributed by atoms with Crippen LogP contribution in [0.2, 0.25) is 0 Å². The lowest BCUT2D eigenvalue weighted by molar-refractivity contribution is 0.0908. The van der Waals surface area contributed by atoms with Gasteiger partial charge in [0, 0.05) is 10.0 Å². The van der Waals surface area contributed by atoms with Crippen molar-refractivity contribution in [3.63, 3.8) is 0 Å². The van der Waals surface area contributed by atoms with Gasteiger partial charge in [0.25, 0.3) is 5.91 Å². The summed E-state index contributed by atoms with van der Waals surface area (Å²) >= 11 is 3.32. The van der Waals surface area contributed by atoms with E-state index in [1.807, 2.05) is 12.1 Å². The molecule has 0 bridgehead atoms. The molecule has 0 fully saturated rings. The first-order valence-electron chi connectivity index (χ1n) is 5.70. The highest BCUT2D eigenvalue weighted by Gasteiger charge is 2.14. The Kier molecular flexibility index (Phi) is 5.65. The number of hydrogen-bond donors (Lipinski definition) is 2. The maximum atomic E-state index is 11.9. The minimum absolute atomic E-state index is 0.0298. The third-order valence-corrected chi connectivity index (χ3v) is 2.89. The number of amides is 1. The summed E-state index contributed by atoms with van der Waals surface area (Å²) in [6.07, 6.45) is 0.774. The van der Waals surface area contributed by atoms with Gasteiger partial charge in [-0.15, -0.1) is 0 Å². The Bertz CT molecular complexity index is 379. The molecule has 0 spiro atoms. The number of aliphatic hydroxyl groups is 1. The van der Waals surface area contributed by atoms with Crippen LogP contribution in [-0.4, -0.2) is 23.7 Å². The quantitative estimate of drug-likeness (QED) is 0.878. The first-order valence-corrected chi connectivity index (χ1v) is 6.49. The summed E-state index contributed by atoms with van der Waals surface area (Å²) in [5.74, 6) is 0.293. The minimum atomic E-state index is -0.179. The van der Waals surface area contributed by atoms with Crippen LogP contribution in [0.15, 0.2) is 28.7 Å². The fraction of sp³-hybridized carbons (Fsp3) is 0.462. The van der Waals surface area contributed by atoms with E-state index in [0.717, 1.165) is 10.9 Å². The van der Waals surface area contributed by atoms with Crippen LogP contribution in [0, 0.1) is 5.92 Å². The maximum Gasteiger partial charge on any atom is 0.251 e. The predicted octanol–water partition coefficient (Wildman–Crippen LogP) is 2.59. The second kappa shape index (κ2) is 6.77. The van der Waals surface area contributed by atoms with Gasteiger partial charge in [-0.05, 0) is 30.5 Å². The Morgan fingerprint density at radius 1 is 1.47 bits per heavy atom. The molecule has 17 heavy (non-hydrogen) atoms. The van der Waals surface area contributed by atoms with Gasteiger partial charge in [-0.1, -0.05) is 35.8 Å². The van der Waals surface area contributed by atoms with Crippen LogP contribution < -0.4 is 5.32 Å². The summed E-state index contributed by atoms with van der Waals surface area (Å²) in [4.78, 5) is 11.9. The van der Waals surface area contributed by atoms with Gasteiger partial charge in [0.2, 0.25) is 0 Å². The molecule has 0 aliphatic heterocycles. The zero-order valence-electron chi connectivity index (χ0n) is 10.1. The number of rotatable bonds is 5. The highest BCUT2D eigenvalue weighted by Crippen LogP contribution is 2.12. The van der Waals surface area contributed by atoms with Gasteiger partial charge in [-0.25, -0.2) is 0 Å². The molecule has 0 aliphatic rings. The van der Waals surface area contributed by atoms with Crippen LogP contribution in [0.3, 0.4) is 0 Å². The molecule has 1 aromatic carbocycles. The molecule has 0 radical (unpaired) electrons. The highest BCUT2D eigenvalue weighted by molar-refractivity contribution is 9.10. The van der Waals surface area contributed by atoms with Gasteiger partial charge in [0.15, 0.2) is 0 Å². The predicted molar refractivity (Wildman–Crippen MR) is 71.9 cm³/mol. The van der Waals surface area contributed by atoms with E-state index in [4.69, 9.17) is 0 Å². The molecule has 1 amide bonds. The molecule has 1 unspecified atom stereocenters. The molecule has 1 atom stereocenters. The van der Waals surface area contributed by atoms with E-state index in [2.05, 4.69) is 35.1 Å². The summed E-state index contributed by atoms with van der Waals surface area (Å²) in [6.45, 7) is 4.10. The van der Waals surface area contributed by atoms with Crippen LogP contribution in [-0.2, 0) is 0 Å². The van der Waals surface area contributed by atoms with Crippen LogP contribution in [0.1, 0.15) is 30.6 Å². The largest absolute Gasteiger partial charge is 0.394 e. The monoisotopic (exact) mass is 299 g/mol. The van der Waals surface area contributed by atoms with Gasteiger partial charge in [0.1, 0.15) is 0 Å². The molecule has 1 aromatic rings. The van der Waals surface area contributed by atoms with E-state index in [1.54, 1.807) is 12.1 Å². The van der Waals surface area contributed by atoms with Crippen LogP contribution in [0.4, 0.5) is 0 Å². The van der Waals surface area contributed by atoms with Crippen molar-refractivity contribution in [2.45, 2.75) is 26.3 Å². The molecule has 3 nitrogen and oxygen atoms in total. The minimum Gasteiger partial charge on any atom is -0.394 e. The van der Waals surface area contributed by atoms with Crippen molar-refractivity contribution in [2.75, 3.05) is 6.61 Å². The number of benzene rings is 1. The van der Waals surface area contributed by atoms with E-state index in [9.17, 15) is 9.90 Å². The second-order valence-electron chi connectivity index (χ2n) is 4.49. The van der Waals surface area contributed by atoms with Gasteiger partial charge in [-0.3, -0.25) is 4.79 Å². The second-order valence-corrected chi connectivity index (χ2v) is 5.41. The zero-order valence-corrected chi connectivity index (χ0v) is 11.7. The molecule has 0 saturated heterocycles. The number of nitrogens with one attached hydrogen (secondary N) is 1. The number of halogens is 1. The Hall–Kier alpha value is -0.870. The third-order valence-electron chi connectivity index (χ3n) is 2.40. The van der Waals surface area contributed by atoms with Gasteiger partial charge in [-0.2, -0.15) is 0 Å². The van der Waals surface area contributed by atoms with Crippen molar-refractivity contribution < 1.29 is 9.90 Å². The van der Waals surface area contributed by atoms with Gasteiger partial charge >= 0.3 is 0 Å². The third kappa shape index (κ3) is 4.88. The SMILES string of the molecule is CC(C)CC(CO)NC(=O)c1cccc(Br)c1. The first kappa shape index (κ1) is 14.2. The summed E-state index contributed by atoms with van der Waals surface area (Å²) in [7, 11) is 0.